The van der Waals surface area contributed by atoms with Crippen molar-refractivity contribution in [1.29, 1.82) is 0 Å². The van der Waals surface area contributed by atoms with E-state index >= 15 is 0 Å². The Balaban J connectivity index is 1.58. The molecule has 20 heavy (non-hydrogen) atoms. The summed E-state index contributed by atoms with van der Waals surface area (Å²) in [5.41, 5.74) is 3.42. The highest BCUT2D eigenvalue weighted by molar-refractivity contribution is 5.44. The van der Waals surface area contributed by atoms with E-state index in [4.69, 9.17) is 0 Å². The third-order valence-corrected chi connectivity index (χ3v) is 3.96. The smallest absolute Gasteiger partial charge is 0.123 e. The average molecular weight is 271 g/mol. The summed E-state index contributed by atoms with van der Waals surface area (Å²) in [5, 5.41) is 13.3. The lowest BCUT2D eigenvalue weighted by atomic mass is 10.1. The summed E-state index contributed by atoms with van der Waals surface area (Å²) in [6.07, 6.45) is 2.83. The Hall–Kier alpha value is -1.87. The molecule has 2 N–H and O–H groups in total. The maximum absolute atomic E-state index is 12.8. The Morgan fingerprint density at radius 2 is 1.95 bits per heavy atom. The van der Waals surface area contributed by atoms with Gasteiger partial charge in [-0.05, 0) is 60.7 Å². The number of phenolic OH excluding ortho intramolecular Hbond substituents is 1. The Kier molecular flexibility index (Phi) is 3.70. The lowest BCUT2D eigenvalue weighted by molar-refractivity contribution is 0.469. The van der Waals surface area contributed by atoms with Crippen LogP contribution in [0.4, 0.5) is 4.39 Å². The molecule has 0 aromatic heterocycles. The van der Waals surface area contributed by atoms with E-state index in [1.165, 1.54) is 17.7 Å². The summed E-state index contributed by atoms with van der Waals surface area (Å²) >= 11 is 0. The Morgan fingerprint density at radius 3 is 2.75 bits per heavy atom. The van der Waals surface area contributed by atoms with Gasteiger partial charge < -0.3 is 10.4 Å². The van der Waals surface area contributed by atoms with Crippen LogP contribution in [0.2, 0.25) is 0 Å². The fourth-order valence-corrected chi connectivity index (χ4v) is 2.89. The summed E-state index contributed by atoms with van der Waals surface area (Å²) in [6, 6.07) is 12.7. The minimum absolute atomic E-state index is 0.193. The van der Waals surface area contributed by atoms with Gasteiger partial charge in [-0.25, -0.2) is 4.39 Å². The molecule has 0 fully saturated rings. The zero-order chi connectivity index (χ0) is 13.9. The van der Waals surface area contributed by atoms with Crippen LogP contribution in [0.3, 0.4) is 0 Å². The topological polar surface area (TPSA) is 32.3 Å². The van der Waals surface area contributed by atoms with Crippen molar-refractivity contribution in [2.45, 2.75) is 25.3 Å². The summed E-state index contributed by atoms with van der Waals surface area (Å²) in [4.78, 5) is 0. The van der Waals surface area contributed by atoms with Gasteiger partial charge in [0.1, 0.15) is 11.6 Å². The van der Waals surface area contributed by atoms with Gasteiger partial charge in [-0.1, -0.05) is 24.3 Å². The predicted molar refractivity (Wildman–Crippen MR) is 77.3 cm³/mol. The molecular weight excluding hydrogens is 253 g/mol. The summed E-state index contributed by atoms with van der Waals surface area (Å²) in [5.74, 6) is 0.215. The highest BCUT2D eigenvalue weighted by Gasteiger charge is 2.23. The standard InChI is InChI=1S/C17H18FNO/c18-13-6-4-12(5-7-13)10-11-19-16-9-8-15-14(16)2-1-3-17(15)20/h1-7,16,19-20H,8-11H2. The Bertz CT molecular complexity index is 594. The third kappa shape index (κ3) is 2.68. The van der Waals surface area contributed by atoms with Gasteiger partial charge in [0, 0.05) is 6.04 Å². The fraction of sp³-hybridized carbons (Fsp3) is 0.294. The summed E-state index contributed by atoms with van der Waals surface area (Å²) in [6.45, 7) is 0.853. The lowest BCUT2D eigenvalue weighted by Crippen LogP contribution is -2.21. The minimum atomic E-state index is -0.193. The minimum Gasteiger partial charge on any atom is -0.508 e. The highest BCUT2D eigenvalue weighted by Crippen LogP contribution is 2.36. The highest BCUT2D eigenvalue weighted by atomic mass is 19.1. The van der Waals surface area contributed by atoms with E-state index in [1.54, 1.807) is 6.07 Å². The number of hydrogen-bond donors (Lipinski definition) is 2. The molecule has 0 radical (unpaired) electrons. The summed E-state index contributed by atoms with van der Waals surface area (Å²) in [7, 11) is 0. The first-order chi connectivity index (χ1) is 9.74. The third-order valence-electron chi connectivity index (χ3n) is 3.96. The molecule has 0 bridgehead atoms. The van der Waals surface area contributed by atoms with Crippen molar-refractivity contribution in [3.05, 3.63) is 65.0 Å². The van der Waals surface area contributed by atoms with Gasteiger partial charge in [0.25, 0.3) is 0 Å². The Labute approximate surface area is 118 Å². The predicted octanol–water partition coefficient (Wildman–Crippen LogP) is 3.35. The normalized spacial score (nSPS) is 17.1. The van der Waals surface area contributed by atoms with E-state index in [0.717, 1.165) is 36.9 Å². The van der Waals surface area contributed by atoms with Crippen LogP contribution < -0.4 is 5.32 Å². The quantitative estimate of drug-likeness (QED) is 0.893. The SMILES string of the molecule is Oc1cccc2c1CCC2NCCc1ccc(F)cc1. The van der Waals surface area contributed by atoms with Gasteiger partial charge in [0.05, 0.1) is 0 Å². The van der Waals surface area contributed by atoms with E-state index in [2.05, 4.69) is 11.4 Å². The van der Waals surface area contributed by atoms with Crippen LogP contribution in [0.5, 0.6) is 5.75 Å². The number of benzene rings is 2. The first-order valence-electron chi connectivity index (χ1n) is 7.02. The molecule has 2 aromatic rings. The van der Waals surface area contributed by atoms with E-state index in [0.29, 0.717) is 11.8 Å². The van der Waals surface area contributed by atoms with E-state index in [1.807, 2.05) is 18.2 Å². The number of rotatable bonds is 4. The van der Waals surface area contributed by atoms with Crippen molar-refractivity contribution in [2.24, 2.45) is 0 Å². The molecule has 0 aliphatic heterocycles. The molecule has 104 valence electrons. The number of hydrogen-bond acceptors (Lipinski definition) is 2. The maximum atomic E-state index is 12.8. The van der Waals surface area contributed by atoms with Crippen molar-refractivity contribution >= 4 is 0 Å². The Morgan fingerprint density at radius 1 is 1.15 bits per heavy atom. The molecule has 2 aromatic carbocycles. The van der Waals surface area contributed by atoms with Crippen molar-refractivity contribution in [3.63, 3.8) is 0 Å². The molecule has 0 saturated heterocycles. The monoisotopic (exact) mass is 271 g/mol. The zero-order valence-corrected chi connectivity index (χ0v) is 11.3. The molecule has 1 unspecified atom stereocenters. The van der Waals surface area contributed by atoms with Crippen molar-refractivity contribution in [2.75, 3.05) is 6.54 Å². The van der Waals surface area contributed by atoms with Crippen LogP contribution in [-0.4, -0.2) is 11.7 Å². The van der Waals surface area contributed by atoms with Crippen molar-refractivity contribution in [3.8, 4) is 5.75 Å². The van der Waals surface area contributed by atoms with Crippen LogP contribution in [-0.2, 0) is 12.8 Å². The summed E-state index contributed by atoms with van der Waals surface area (Å²) < 4.78 is 12.8. The van der Waals surface area contributed by atoms with E-state index in [9.17, 15) is 9.50 Å². The number of nitrogens with one attached hydrogen (secondary N) is 1. The fourth-order valence-electron chi connectivity index (χ4n) is 2.89. The van der Waals surface area contributed by atoms with Crippen LogP contribution in [0, 0.1) is 5.82 Å². The second-order valence-electron chi connectivity index (χ2n) is 5.27. The van der Waals surface area contributed by atoms with Crippen molar-refractivity contribution < 1.29 is 9.50 Å². The van der Waals surface area contributed by atoms with Gasteiger partial charge >= 0.3 is 0 Å². The van der Waals surface area contributed by atoms with Gasteiger partial charge in [-0.3, -0.25) is 0 Å². The number of phenols is 1. The largest absolute Gasteiger partial charge is 0.508 e. The lowest BCUT2D eigenvalue weighted by Gasteiger charge is -2.14. The van der Waals surface area contributed by atoms with Crippen LogP contribution in [0.25, 0.3) is 0 Å². The first-order valence-corrected chi connectivity index (χ1v) is 7.02. The van der Waals surface area contributed by atoms with Crippen LogP contribution in [0.15, 0.2) is 42.5 Å². The zero-order valence-electron chi connectivity index (χ0n) is 11.3. The number of halogens is 1. The van der Waals surface area contributed by atoms with Gasteiger partial charge in [0.2, 0.25) is 0 Å². The van der Waals surface area contributed by atoms with Crippen molar-refractivity contribution in [1.82, 2.24) is 5.32 Å². The average Bonchev–Trinajstić information content (AvgIpc) is 2.86. The molecule has 1 aliphatic carbocycles. The maximum Gasteiger partial charge on any atom is 0.123 e. The molecule has 0 spiro atoms. The molecule has 0 amide bonds. The first kappa shape index (κ1) is 13.1. The molecule has 1 aliphatic rings. The number of aromatic hydroxyl groups is 1. The van der Waals surface area contributed by atoms with Gasteiger partial charge in [-0.2, -0.15) is 0 Å². The molecule has 2 nitrogen and oxygen atoms in total. The molecule has 1 atom stereocenters. The molecule has 3 rings (SSSR count). The molecule has 0 heterocycles. The van der Waals surface area contributed by atoms with Crippen LogP contribution >= 0.6 is 0 Å². The van der Waals surface area contributed by atoms with Gasteiger partial charge in [0.15, 0.2) is 0 Å². The molecule has 3 heteroatoms. The molecule has 0 saturated carbocycles. The van der Waals surface area contributed by atoms with Gasteiger partial charge in [-0.15, -0.1) is 0 Å². The van der Waals surface area contributed by atoms with E-state index < -0.39 is 0 Å². The van der Waals surface area contributed by atoms with Crippen LogP contribution in [0.1, 0.15) is 29.2 Å². The second-order valence-corrected chi connectivity index (χ2v) is 5.27. The number of fused-ring (bicyclic) bond motifs is 1. The molecular formula is C17H18FNO. The van der Waals surface area contributed by atoms with E-state index in [-0.39, 0.29) is 5.82 Å². The second kappa shape index (κ2) is 5.63.